The number of aryl methyl sites for hydroxylation is 1. The van der Waals surface area contributed by atoms with E-state index in [0.29, 0.717) is 43.2 Å². The van der Waals surface area contributed by atoms with Gasteiger partial charge in [-0.3, -0.25) is 24.6 Å². The van der Waals surface area contributed by atoms with Crippen LogP contribution in [0.25, 0.3) is 0 Å². The van der Waals surface area contributed by atoms with Crippen LogP contribution in [0.5, 0.6) is 0 Å². The van der Waals surface area contributed by atoms with Crippen LogP contribution in [0.3, 0.4) is 0 Å². The molecule has 29 heavy (non-hydrogen) atoms. The van der Waals surface area contributed by atoms with Gasteiger partial charge >= 0.3 is 5.97 Å². The first-order valence-corrected chi connectivity index (χ1v) is 10.2. The highest BCUT2D eigenvalue weighted by atomic mass is 35.5. The molecule has 1 aromatic rings. The number of anilines is 1. The summed E-state index contributed by atoms with van der Waals surface area (Å²) in [6, 6.07) is 5.15. The highest BCUT2D eigenvalue weighted by Gasteiger charge is 2.36. The lowest BCUT2D eigenvalue weighted by atomic mass is 9.97. The van der Waals surface area contributed by atoms with E-state index in [-0.39, 0.29) is 22.6 Å². The van der Waals surface area contributed by atoms with Gasteiger partial charge in [-0.15, -0.1) is 0 Å². The van der Waals surface area contributed by atoms with Crippen molar-refractivity contribution in [1.29, 1.82) is 0 Å². The molecular weight excluding hydrogens is 414 g/mol. The first-order valence-electron chi connectivity index (χ1n) is 9.40. The van der Waals surface area contributed by atoms with Gasteiger partial charge in [0.05, 0.1) is 18.2 Å². The zero-order chi connectivity index (χ0) is 21.1. The molecule has 2 amide bonds. The predicted octanol–water partition coefficient (Wildman–Crippen LogP) is 2.56. The molecule has 2 heterocycles. The van der Waals surface area contributed by atoms with E-state index >= 15 is 0 Å². The molecule has 2 aliphatic rings. The Kier molecular flexibility index (Phi) is 6.54. The van der Waals surface area contributed by atoms with E-state index in [0.717, 1.165) is 5.56 Å². The highest BCUT2D eigenvalue weighted by molar-refractivity contribution is 7.80. The minimum atomic E-state index is -0.540. The number of carbonyl (C=O) groups is 3. The van der Waals surface area contributed by atoms with Crippen molar-refractivity contribution in [2.24, 2.45) is 5.92 Å². The van der Waals surface area contributed by atoms with Crippen LogP contribution in [-0.4, -0.2) is 47.5 Å². The smallest absolute Gasteiger partial charge is 0.309 e. The average molecular weight is 436 g/mol. The summed E-state index contributed by atoms with van der Waals surface area (Å²) in [7, 11) is 0. The van der Waals surface area contributed by atoms with Crippen molar-refractivity contribution in [3.63, 3.8) is 0 Å². The number of likely N-dealkylation sites (tertiary alicyclic amines) is 1. The first-order chi connectivity index (χ1) is 13.8. The number of halogens is 1. The second-order valence-electron chi connectivity index (χ2n) is 6.94. The third-order valence-electron chi connectivity index (χ3n) is 4.98. The van der Waals surface area contributed by atoms with E-state index in [1.165, 1.54) is 4.90 Å². The number of nitrogens with one attached hydrogen (secondary N) is 1. The Balaban J connectivity index is 1.77. The number of amides is 2. The summed E-state index contributed by atoms with van der Waals surface area (Å²) in [6.45, 7) is 5.09. The van der Waals surface area contributed by atoms with E-state index < -0.39 is 11.8 Å². The Hall–Kier alpha value is -2.45. The SMILES string of the molecule is CCOC(=O)C1CCN(/C=C2/C(=O)NC(=S)N(c3ccc(C)c(Cl)c3)C2=O)CC1. The Morgan fingerprint density at radius 1 is 1.34 bits per heavy atom. The summed E-state index contributed by atoms with van der Waals surface area (Å²) in [5.74, 6) is -1.40. The van der Waals surface area contributed by atoms with Gasteiger partial charge in [-0.1, -0.05) is 17.7 Å². The number of ether oxygens (including phenoxy) is 1. The molecule has 3 rings (SSSR count). The van der Waals surface area contributed by atoms with Crippen molar-refractivity contribution in [3.8, 4) is 0 Å². The lowest BCUT2D eigenvalue weighted by Gasteiger charge is -2.33. The maximum atomic E-state index is 13.0. The van der Waals surface area contributed by atoms with E-state index in [1.54, 1.807) is 31.3 Å². The Labute approximate surface area is 179 Å². The normalized spacial score (nSPS) is 19.6. The van der Waals surface area contributed by atoms with Gasteiger partial charge in [0.15, 0.2) is 5.11 Å². The van der Waals surface area contributed by atoms with Crippen LogP contribution in [-0.2, 0) is 19.1 Å². The molecule has 0 atom stereocenters. The molecule has 2 saturated heterocycles. The second-order valence-corrected chi connectivity index (χ2v) is 7.73. The van der Waals surface area contributed by atoms with Gasteiger partial charge < -0.3 is 9.64 Å². The van der Waals surface area contributed by atoms with Crippen LogP contribution >= 0.6 is 23.8 Å². The minimum Gasteiger partial charge on any atom is -0.466 e. The molecule has 154 valence electrons. The highest BCUT2D eigenvalue weighted by Crippen LogP contribution is 2.27. The van der Waals surface area contributed by atoms with Crippen molar-refractivity contribution in [1.82, 2.24) is 10.2 Å². The van der Waals surface area contributed by atoms with Crippen molar-refractivity contribution in [2.45, 2.75) is 26.7 Å². The number of piperidine rings is 1. The molecule has 1 aromatic carbocycles. The van der Waals surface area contributed by atoms with Gasteiger partial charge in [-0.2, -0.15) is 0 Å². The van der Waals surface area contributed by atoms with E-state index in [9.17, 15) is 14.4 Å². The summed E-state index contributed by atoms with van der Waals surface area (Å²) in [5, 5.41) is 3.07. The van der Waals surface area contributed by atoms with Crippen molar-refractivity contribution >= 4 is 52.4 Å². The molecule has 0 radical (unpaired) electrons. The summed E-state index contributed by atoms with van der Waals surface area (Å²) in [5.41, 5.74) is 1.35. The molecule has 1 N–H and O–H groups in total. The van der Waals surface area contributed by atoms with Crippen molar-refractivity contribution in [2.75, 3.05) is 24.6 Å². The Bertz CT molecular complexity index is 894. The maximum absolute atomic E-state index is 13.0. The van der Waals surface area contributed by atoms with Gasteiger partial charge in [0.25, 0.3) is 11.8 Å². The summed E-state index contributed by atoms with van der Waals surface area (Å²) in [4.78, 5) is 40.5. The molecule has 0 unspecified atom stereocenters. The quantitative estimate of drug-likeness (QED) is 0.339. The van der Waals surface area contributed by atoms with E-state index in [2.05, 4.69) is 5.32 Å². The van der Waals surface area contributed by atoms with Crippen molar-refractivity contribution in [3.05, 3.63) is 40.6 Å². The van der Waals surface area contributed by atoms with Gasteiger partial charge in [-0.05, 0) is 56.6 Å². The molecule has 9 heteroatoms. The van der Waals surface area contributed by atoms with Crippen LogP contribution in [0.4, 0.5) is 5.69 Å². The maximum Gasteiger partial charge on any atom is 0.309 e. The van der Waals surface area contributed by atoms with Gasteiger partial charge in [0.2, 0.25) is 0 Å². The molecule has 0 aliphatic carbocycles. The van der Waals surface area contributed by atoms with Crippen molar-refractivity contribution < 1.29 is 19.1 Å². The van der Waals surface area contributed by atoms with Crippen LogP contribution in [0.1, 0.15) is 25.3 Å². The number of benzene rings is 1. The number of nitrogens with zero attached hydrogens (tertiary/aromatic N) is 2. The first kappa shape index (κ1) is 21.3. The number of hydrogen-bond donors (Lipinski definition) is 1. The molecule has 2 aliphatic heterocycles. The topological polar surface area (TPSA) is 79.0 Å². The van der Waals surface area contributed by atoms with Crippen LogP contribution in [0.15, 0.2) is 30.0 Å². The standard InChI is InChI=1S/C20H22ClN3O4S/c1-3-28-19(27)13-6-8-23(9-7-13)11-15-17(25)22-20(29)24(18(15)26)14-5-4-12(2)16(21)10-14/h4-5,10-11,13H,3,6-9H2,1-2H3,(H,22,25,29)/b15-11-. The van der Waals surface area contributed by atoms with Crippen LogP contribution in [0.2, 0.25) is 5.02 Å². The Morgan fingerprint density at radius 3 is 2.66 bits per heavy atom. The average Bonchev–Trinajstić information content (AvgIpc) is 2.68. The molecule has 0 bridgehead atoms. The third-order valence-corrected chi connectivity index (χ3v) is 5.67. The molecule has 2 fully saturated rings. The lowest BCUT2D eigenvalue weighted by molar-refractivity contribution is -0.149. The minimum absolute atomic E-state index is 0.00937. The van der Waals surface area contributed by atoms with Gasteiger partial charge in [0, 0.05) is 24.3 Å². The fraction of sp³-hybridized carbons (Fsp3) is 0.400. The fourth-order valence-corrected chi connectivity index (χ4v) is 3.76. The summed E-state index contributed by atoms with van der Waals surface area (Å²) >= 11 is 11.4. The second kappa shape index (κ2) is 8.92. The largest absolute Gasteiger partial charge is 0.466 e. The number of carbonyl (C=O) groups excluding carboxylic acids is 3. The van der Waals surface area contributed by atoms with E-state index in [1.807, 2.05) is 11.8 Å². The molecule has 0 spiro atoms. The predicted molar refractivity (Wildman–Crippen MR) is 113 cm³/mol. The molecule has 0 aromatic heterocycles. The number of thiocarbonyl (C=S) groups is 1. The Morgan fingerprint density at radius 2 is 2.03 bits per heavy atom. The number of esters is 1. The van der Waals surface area contributed by atoms with Gasteiger partial charge in [0.1, 0.15) is 5.57 Å². The van der Waals surface area contributed by atoms with E-state index in [4.69, 9.17) is 28.6 Å². The summed E-state index contributed by atoms with van der Waals surface area (Å²) < 4.78 is 5.07. The molecule has 0 saturated carbocycles. The number of hydrogen-bond acceptors (Lipinski definition) is 6. The monoisotopic (exact) mass is 435 g/mol. The van der Waals surface area contributed by atoms with Crippen LogP contribution < -0.4 is 10.2 Å². The molecule has 7 nitrogen and oxygen atoms in total. The van der Waals surface area contributed by atoms with Gasteiger partial charge in [-0.25, -0.2) is 0 Å². The fourth-order valence-electron chi connectivity index (χ4n) is 3.31. The molecular formula is C20H22ClN3O4S. The van der Waals surface area contributed by atoms with Crippen LogP contribution in [0, 0.1) is 12.8 Å². The lowest BCUT2D eigenvalue weighted by Crippen LogP contribution is -2.54. The number of rotatable bonds is 4. The third kappa shape index (κ3) is 4.59. The zero-order valence-corrected chi connectivity index (χ0v) is 17.8. The zero-order valence-electron chi connectivity index (χ0n) is 16.2. The summed E-state index contributed by atoms with van der Waals surface area (Å²) in [6.07, 6.45) is 2.76.